The van der Waals surface area contributed by atoms with E-state index in [1.807, 2.05) is 30.3 Å². The van der Waals surface area contributed by atoms with Crippen LogP contribution in [0.2, 0.25) is 0 Å². The molecule has 0 aliphatic heterocycles. The summed E-state index contributed by atoms with van der Waals surface area (Å²) < 4.78 is 4.67. The molecule has 0 aliphatic rings. The van der Waals surface area contributed by atoms with Crippen LogP contribution in [0.1, 0.15) is 5.56 Å². The molecule has 1 N–H and O–H groups in total. The molecule has 0 bridgehead atoms. The number of nitrogens with one attached hydrogen (secondary N) is 1. The van der Waals surface area contributed by atoms with E-state index < -0.39 is 0 Å². The number of benzene rings is 1. The summed E-state index contributed by atoms with van der Waals surface area (Å²) in [5.74, 6) is 0.514. The van der Waals surface area contributed by atoms with Gasteiger partial charge in [-0.2, -0.15) is 0 Å². The predicted octanol–water partition coefficient (Wildman–Crippen LogP) is 2.34. The van der Waals surface area contributed by atoms with Gasteiger partial charge in [0.25, 0.3) is 0 Å². The number of H-pyrrole nitrogens is 1. The first-order valence-electron chi connectivity index (χ1n) is 6.22. The predicted molar refractivity (Wildman–Crippen MR) is 75.0 cm³/mol. The number of esters is 1. The molecule has 20 heavy (non-hydrogen) atoms. The van der Waals surface area contributed by atoms with Crippen LogP contribution in [0.25, 0.3) is 22.4 Å². The van der Waals surface area contributed by atoms with Crippen molar-refractivity contribution < 1.29 is 9.53 Å². The Morgan fingerprint density at radius 1 is 1.35 bits per heavy atom. The van der Waals surface area contributed by atoms with Crippen LogP contribution in [0.15, 0.2) is 42.7 Å². The molecule has 0 amide bonds. The average Bonchev–Trinajstić information content (AvgIpc) is 2.91. The van der Waals surface area contributed by atoms with Crippen molar-refractivity contribution >= 4 is 17.0 Å². The molecule has 0 atom stereocenters. The smallest absolute Gasteiger partial charge is 0.309 e. The molecular formula is C15H13N3O2. The van der Waals surface area contributed by atoms with Gasteiger partial charge < -0.3 is 9.72 Å². The van der Waals surface area contributed by atoms with Crippen molar-refractivity contribution in [2.24, 2.45) is 0 Å². The minimum absolute atomic E-state index is 0.253. The van der Waals surface area contributed by atoms with Crippen molar-refractivity contribution in [3.8, 4) is 11.4 Å². The fraction of sp³-hybridized carbons (Fsp3) is 0.133. The molecule has 2 heterocycles. The largest absolute Gasteiger partial charge is 0.469 e. The lowest BCUT2D eigenvalue weighted by Crippen LogP contribution is -2.04. The van der Waals surface area contributed by atoms with Crippen LogP contribution in [-0.2, 0) is 16.0 Å². The van der Waals surface area contributed by atoms with E-state index in [4.69, 9.17) is 0 Å². The van der Waals surface area contributed by atoms with Crippen molar-refractivity contribution in [2.45, 2.75) is 6.42 Å². The fourth-order valence-corrected chi connectivity index (χ4v) is 2.05. The van der Waals surface area contributed by atoms with E-state index in [1.54, 1.807) is 12.4 Å². The Bertz CT molecular complexity index is 750. The average molecular weight is 267 g/mol. The minimum atomic E-state index is -0.253. The first kappa shape index (κ1) is 12.3. The number of ether oxygens (including phenoxy) is 1. The fourth-order valence-electron chi connectivity index (χ4n) is 2.05. The summed E-state index contributed by atoms with van der Waals surface area (Å²) in [5, 5.41) is 0. The van der Waals surface area contributed by atoms with E-state index in [0.717, 1.165) is 28.0 Å². The number of methoxy groups -OCH3 is 1. The molecular weight excluding hydrogens is 254 g/mol. The van der Waals surface area contributed by atoms with Crippen LogP contribution in [0.4, 0.5) is 0 Å². The van der Waals surface area contributed by atoms with Gasteiger partial charge in [0.1, 0.15) is 5.82 Å². The molecule has 0 radical (unpaired) electrons. The highest BCUT2D eigenvalue weighted by molar-refractivity contribution is 5.81. The van der Waals surface area contributed by atoms with Crippen LogP contribution in [-0.4, -0.2) is 28.0 Å². The molecule has 5 nitrogen and oxygen atoms in total. The van der Waals surface area contributed by atoms with Crippen LogP contribution in [0.3, 0.4) is 0 Å². The Morgan fingerprint density at radius 3 is 3.00 bits per heavy atom. The van der Waals surface area contributed by atoms with Crippen LogP contribution in [0.5, 0.6) is 0 Å². The first-order chi connectivity index (χ1) is 9.76. The van der Waals surface area contributed by atoms with Gasteiger partial charge in [-0.1, -0.05) is 6.07 Å². The highest BCUT2D eigenvalue weighted by Gasteiger charge is 2.08. The number of carbonyl (C=O) groups is 1. The number of nitrogens with zero attached hydrogens (tertiary/aromatic N) is 2. The van der Waals surface area contributed by atoms with E-state index in [0.29, 0.717) is 0 Å². The Balaban J connectivity index is 1.97. The van der Waals surface area contributed by atoms with Crippen molar-refractivity contribution in [1.82, 2.24) is 15.0 Å². The van der Waals surface area contributed by atoms with Gasteiger partial charge in [-0.25, -0.2) is 4.98 Å². The van der Waals surface area contributed by atoms with Gasteiger partial charge in [0.2, 0.25) is 0 Å². The number of imidazole rings is 1. The highest BCUT2D eigenvalue weighted by Crippen LogP contribution is 2.20. The van der Waals surface area contributed by atoms with Gasteiger partial charge in [0, 0.05) is 18.0 Å². The zero-order valence-corrected chi connectivity index (χ0v) is 11.0. The lowest BCUT2D eigenvalue weighted by atomic mass is 10.1. The number of pyridine rings is 1. The number of carbonyl (C=O) groups excluding carboxylic acids is 1. The third-order valence-corrected chi connectivity index (χ3v) is 3.06. The first-order valence-corrected chi connectivity index (χ1v) is 6.22. The standard InChI is InChI=1S/C15H13N3O2/c1-20-14(19)8-10-4-5-12-13(7-10)18-15(17-12)11-3-2-6-16-9-11/h2-7,9H,8H2,1H3,(H,17,18). The Morgan fingerprint density at radius 2 is 2.25 bits per heavy atom. The molecule has 0 saturated carbocycles. The minimum Gasteiger partial charge on any atom is -0.469 e. The summed E-state index contributed by atoms with van der Waals surface area (Å²) in [6, 6.07) is 9.50. The van der Waals surface area contributed by atoms with Gasteiger partial charge in [-0.15, -0.1) is 0 Å². The van der Waals surface area contributed by atoms with Crippen molar-refractivity contribution in [2.75, 3.05) is 7.11 Å². The molecule has 0 unspecified atom stereocenters. The zero-order valence-electron chi connectivity index (χ0n) is 11.0. The summed E-state index contributed by atoms with van der Waals surface area (Å²) in [7, 11) is 1.39. The van der Waals surface area contributed by atoms with E-state index in [1.165, 1.54) is 7.11 Å². The van der Waals surface area contributed by atoms with E-state index in [9.17, 15) is 4.79 Å². The maximum absolute atomic E-state index is 11.3. The summed E-state index contributed by atoms with van der Waals surface area (Å²) in [4.78, 5) is 23.1. The Hall–Kier alpha value is -2.69. The number of hydrogen-bond acceptors (Lipinski definition) is 4. The number of hydrogen-bond donors (Lipinski definition) is 1. The molecule has 0 saturated heterocycles. The molecule has 2 aromatic heterocycles. The second kappa shape index (κ2) is 5.13. The topological polar surface area (TPSA) is 67.9 Å². The number of aromatic nitrogens is 3. The number of aromatic amines is 1. The van der Waals surface area contributed by atoms with E-state index in [-0.39, 0.29) is 12.4 Å². The number of rotatable bonds is 3. The molecule has 100 valence electrons. The lowest BCUT2D eigenvalue weighted by molar-refractivity contribution is -0.139. The van der Waals surface area contributed by atoms with Crippen molar-refractivity contribution in [3.63, 3.8) is 0 Å². The van der Waals surface area contributed by atoms with Crippen molar-refractivity contribution in [3.05, 3.63) is 48.3 Å². The SMILES string of the molecule is COC(=O)Cc1ccc2nc(-c3cccnc3)[nH]c2c1. The van der Waals surface area contributed by atoms with Gasteiger partial charge in [0.05, 0.1) is 24.6 Å². The molecule has 5 heteroatoms. The second-order valence-electron chi connectivity index (χ2n) is 4.43. The molecule has 3 aromatic rings. The lowest BCUT2D eigenvalue weighted by Gasteiger charge is -1.99. The van der Waals surface area contributed by atoms with Gasteiger partial charge >= 0.3 is 5.97 Å². The van der Waals surface area contributed by atoms with E-state index >= 15 is 0 Å². The highest BCUT2D eigenvalue weighted by atomic mass is 16.5. The third kappa shape index (κ3) is 2.38. The van der Waals surface area contributed by atoms with Gasteiger partial charge in [-0.3, -0.25) is 9.78 Å². The normalized spacial score (nSPS) is 10.7. The maximum Gasteiger partial charge on any atom is 0.309 e. The summed E-state index contributed by atoms with van der Waals surface area (Å²) in [5.41, 5.74) is 3.58. The Kier molecular flexibility index (Phi) is 3.16. The summed E-state index contributed by atoms with van der Waals surface area (Å²) >= 11 is 0. The third-order valence-electron chi connectivity index (χ3n) is 3.06. The summed E-state index contributed by atoms with van der Waals surface area (Å²) in [6.45, 7) is 0. The van der Waals surface area contributed by atoms with Crippen molar-refractivity contribution in [1.29, 1.82) is 0 Å². The summed E-state index contributed by atoms with van der Waals surface area (Å²) in [6.07, 6.45) is 3.74. The van der Waals surface area contributed by atoms with Gasteiger partial charge in [0.15, 0.2) is 0 Å². The monoisotopic (exact) mass is 267 g/mol. The Labute approximate surface area is 115 Å². The van der Waals surface area contributed by atoms with E-state index in [2.05, 4.69) is 19.7 Å². The van der Waals surface area contributed by atoms with Crippen LogP contribution < -0.4 is 0 Å². The number of fused-ring (bicyclic) bond motifs is 1. The molecule has 1 aromatic carbocycles. The maximum atomic E-state index is 11.3. The molecule has 3 rings (SSSR count). The molecule has 0 spiro atoms. The van der Waals surface area contributed by atoms with Crippen LogP contribution in [0, 0.1) is 0 Å². The van der Waals surface area contributed by atoms with Gasteiger partial charge in [-0.05, 0) is 29.8 Å². The zero-order chi connectivity index (χ0) is 13.9. The molecule has 0 fully saturated rings. The second-order valence-corrected chi connectivity index (χ2v) is 4.43. The van der Waals surface area contributed by atoms with Crippen LogP contribution >= 0.6 is 0 Å². The quantitative estimate of drug-likeness (QED) is 0.739. The molecule has 0 aliphatic carbocycles.